The molecule has 162 valence electrons. The number of carbonyl (C=O) groups excluding carboxylic acids is 1. The Kier molecular flexibility index (Phi) is 22.7. The van der Waals surface area contributed by atoms with Crippen LogP contribution in [0.25, 0.3) is 0 Å². The van der Waals surface area contributed by atoms with Crippen molar-refractivity contribution < 1.29 is 33.2 Å². The largest absolute Gasteiger partial charge is 0.463 e. The molecule has 0 radical (unpaired) electrons. The van der Waals surface area contributed by atoms with Crippen LogP contribution in [0.3, 0.4) is 0 Å². The van der Waals surface area contributed by atoms with Crippen LogP contribution in [-0.4, -0.2) is 78.6 Å². The molecule has 0 saturated heterocycles. The summed E-state index contributed by atoms with van der Waals surface area (Å²) in [5, 5.41) is 0. The molecule has 0 aromatic rings. The summed E-state index contributed by atoms with van der Waals surface area (Å²) >= 11 is 0. The molecule has 0 aliphatic heterocycles. The van der Waals surface area contributed by atoms with Crippen LogP contribution in [0.1, 0.15) is 52.4 Å². The Bertz CT molecular complexity index is 300. The van der Waals surface area contributed by atoms with Crippen LogP contribution in [-0.2, 0) is 33.2 Å². The van der Waals surface area contributed by atoms with Gasteiger partial charge in [0, 0.05) is 13.0 Å². The van der Waals surface area contributed by atoms with Crippen LogP contribution in [0.15, 0.2) is 0 Å². The summed E-state index contributed by atoms with van der Waals surface area (Å²) in [6, 6.07) is 0. The smallest absolute Gasteiger partial charge is 0.305 e. The molecule has 0 aromatic carbocycles. The second kappa shape index (κ2) is 23.3. The van der Waals surface area contributed by atoms with E-state index >= 15 is 0 Å². The van der Waals surface area contributed by atoms with Crippen LogP contribution in [0.2, 0.25) is 0 Å². The fraction of sp³-hybridized carbons (Fsp3) is 0.950. The van der Waals surface area contributed by atoms with Crippen LogP contribution in [0.4, 0.5) is 0 Å². The Morgan fingerprint density at radius 3 is 1.41 bits per heavy atom. The SMILES string of the molecule is CCCCCCOCCOCCOCCOCCOCCOC(=O)CCC. The number of carbonyl (C=O) groups is 1. The fourth-order valence-electron chi connectivity index (χ4n) is 2.10. The number of unbranched alkanes of at least 4 members (excludes halogenated alkanes) is 3. The van der Waals surface area contributed by atoms with Gasteiger partial charge in [-0.1, -0.05) is 33.1 Å². The molecule has 0 amide bonds. The highest BCUT2D eigenvalue weighted by Gasteiger charge is 1.99. The molecular formula is C20H40O7. The van der Waals surface area contributed by atoms with Crippen molar-refractivity contribution in [1.82, 2.24) is 0 Å². The number of rotatable bonds is 22. The zero-order chi connectivity index (χ0) is 19.8. The van der Waals surface area contributed by atoms with E-state index < -0.39 is 0 Å². The first-order valence-corrected chi connectivity index (χ1v) is 10.4. The Morgan fingerprint density at radius 1 is 0.519 bits per heavy atom. The molecule has 0 heterocycles. The zero-order valence-electron chi connectivity index (χ0n) is 17.4. The van der Waals surface area contributed by atoms with E-state index in [4.69, 9.17) is 28.4 Å². The third-order valence-corrected chi connectivity index (χ3v) is 3.58. The molecule has 0 N–H and O–H groups in total. The van der Waals surface area contributed by atoms with E-state index in [9.17, 15) is 4.79 Å². The van der Waals surface area contributed by atoms with E-state index in [1.807, 2.05) is 6.92 Å². The minimum atomic E-state index is -0.173. The second-order valence-corrected chi connectivity index (χ2v) is 6.09. The van der Waals surface area contributed by atoms with Gasteiger partial charge in [-0.05, 0) is 12.8 Å². The maximum absolute atomic E-state index is 11.1. The van der Waals surface area contributed by atoms with Crippen LogP contribution in [0, 0.1) is 0 Å². The van der Waals surface area contributed by atoms with Crippen molar-refractivity contribution in [2.24, 2.45) is 0 Å². The molecule has 0 bridgehead atoms. The van der Waals surface area contributed by atoms with E-state index in [2.05, 4.69) is 6.92 Å². The lowest BCUT2D eigenvalue weighted by molar-refractivity contribution is -0.145. The van der Waals surface area contributed by atoms with Gasteiger partial charge >= 0.3 is 5.97 Å². The van der Waals surface area contributed by atoms with Crippen molar-refractivity contribution in [2.75, 3.05) is 72.7 Å². The molecule has 7 nitrogen and oxygen atoms in total. The van der Waals surface area contributed by atoms with E-state index in [0.29, 0.717) is 72.5 Å². The Hall–Kier alpha value is -0.730. The van der Waals surface area contributed by atoms with Gasteiger partial charge in [-0.3, -0.25) is 4.79 Å². The maximum atomic E-state index is 11.1. The summed E-state index contributed by atoms with van der Waals surface area (Å²) in [7, 11) is 0. The zero-order valence-corrected chi connectivity index (χ0v) is 17.4. The summed E-state index contributed by atoms with van der Waals surface area (Å²) in [6.07, 6.45) is 6.17. The van der Waals surface area contributed by atoms with Gasteiger partial charge in [0.05, 0.1) is 59.5 Å². The standard InChI is InChI=1S/C20H40O7/c1-3-5-6-7-9-22-10-11-23-12-13-24-14-15-25-16-17-26-18-19-27-20(21)8-4-2/h3-19H2,1-2H3. The average molecular weight is 393 g/mol. The molecule has 0 aliphatic rings. The summed E-state index contributed by atoms with van der Waals surface area (Å²) in [6.45, 7) is 10.1. The first-order valence-electron chi connectivity index (χ1n) is 10.4. The lowest BCUT2D eigenvalue weighted by atomic mass is 10.2. The van der Waals surface area contributed by atoms with Crippen molar-refractivity contribution in [2.45, 2.75) is 52.4 Å². The number of ether oxygens (including phenoxy) is 6. The lowest BCUT2D eigenvalue weighted by Crippen LogP contribution is -2.14. The summed E-state index contributed by atoms with van der Waals surface area (Å²) in [5.41, 5.74) is 0. The normalized spacial score (nSPS) is 11.0. The summed E-state index contributed by atoms with van der Waals surface area (Å²) in [5.74, 6) is -0.173. The molecule has 0 aromatic heterocycles. The van der Waals surface area contributed by atoms with Gasteiger partial charge < -0.3 is 28.4 Å². The maximum Gasteiger partial charge on any atom is 0.305 e. The highest BCUT2D eigenvalue weighted by molar-refractivity contribution is 5.69. The summed E-state index contributed by atoms with van der Waals surface area (Å²) in [4.78, 5) is 11.1. The summed E-state index contributed by atoms with van der Waals surface area (Å²) < 4.78 is 32.0. The molecule has 0 fully saturated rings. The average Bonchev–Trinajstić information content (AvgIpc) is 2.66. The van der Waals surface area contributed by atoms with Crippen LogP contribution in [0.5, 0.6) is 0 Å². The minimum absolute atomic E-state index is 0.173. The van der Waals surface area contributed by atoms with E-state index in [0.717, 1.165) is 19.4 Å². The third-order valence-electron chi connectivity index (χ3n) is 3.58. The Balaban J connectivity index is 3.02. The monoisotopic (exact) mass is 392 g/mol. The molecule has 0 rings (SSSR count). The number of esters is 1. The van der Waals surface area contributed by atoms with Crippen molar-refractivity contribution in [3.8, 4) is 0 Å². The number of hydrogen-bond donors (Lipinski definition) is 0. The Morgan fingerprint density at radius 2 is 0.963 bits per heavy atom. The van der Waals surface area contributed by atoms with Crippen molar-refractivity contribution >= 4 is 5.97 Å². The van der Waals surface area contributed by atoms with Gasteiger partial charge in [-0.2, -0.15) is 0 Å². The lowest BCUT2D eigenvalue weighted by Gasteiger charge is -2.08. The van der Waals surface area contributed by atoms with Gasteiger partial charge in [-0.15, -0.1) is 0 Å². The van der Waals surface area contributed by atoms with Gasteiger partial charge in [0.25, 0.3) is 0 Å². The molecule has 7 heteroatoms. The minimum Gasteiger partial charge on any atom is -0.463 e. The number of hydrogen-bond acceptors (Lipinski definition) is 7. The molecule has 27 heavy (non-hydrogen) atoms. The first kappa shape index (κ1) is 26.3. The first-order chi connectivity index (χ1) is 13.3. The molecule has 0 saturated carbocycles. The topological polar surface area (TPSA) is 72.5 Å². The second-order valence-electron chi connectivity index (χ2n) is 6.09. The highest BCUT2D eigenvalue weighted by atomic mass is 16.6. The molecule has 0 atom stereocenters. The predicted molar refractivity (Wildman–Crippen MR) is 104 cm³/mol. The van der Waals surface area contributed by atoms with Gasteiger partial charge in [0.15, 0.2) is 0 Å². The molecule has 0 spiro atoms. The van der Waals surface area contributed by atoms with Crippen molar-refractivity contribution in [1.29, 1.82) is 0 Å². The van der Waals surface area contributed by atoms with Crippen molar-refractivity contribution in [3.05, 3.63) is 0 Å². The predicted octanol–water partition coefficient (Wildman–Crippen LogP) is 2.99. The van der Waals surface area contributed by atoms with E-state index in [1.165, 1.54) is 19.3 Å². The quantitative estimate of drug-likeness (QED) is 0.207. The molecular weight excluding hydrogens is 352 g/mol. The van der Waals surface area contributed by atoms with Crippen molar-refractivity contribution in [3.63, 3.8) is 0 Å². The van der Waals surface area contributed by atoms with Gasteiger partial charge in [0.2, 0.25) is 0 Å². The fourth-order valence-corrected chi connectivity index (χ4v) is 2.10. The Labute approximate surface area is 165 Å². The highest BCUT2D eigenvalue weighted by Crippen LogP contribution is 1.98. The molecule has 0 unspecified atom stereocenters. The van der Waals surface area contributed by atoms with E-state index in [1.54, 1.807) is 0 Å². The van der Waals surface area contributed by atoms with Gasteiger partial charge in [0.1, 0.15) is 6.61 Å². The van der Waals surface area contributed by atoms with Crippen LogP contribution < -0.4 is 0 Å². The van der Waals surface area contributed by atoms with E-state index in [-0.39, 0.29) is 5.97 Å². The van der Waals surface area contributed by atoms with Crippen LogP contribution >= 0.6 is 0 Å². The van der Waals surface area contributed by atoms with Gasteiger partial charge in [-0.25, -0.2) is 0 Å². The third kappa shape index (κ3) is 23.2. The molecule has 0 aliphatic carbocycles.